The second-order valence-corrected chi connectivity index (χ2v) is 11.6. The lowest BCUT2D eigenvalue weighted by atomic mass is 10.1. The molecule has 9 nitrogen and oxygen atoms in total. The summed E-state index contributed by atoms with van der Waals surface area (Å²) < 4.78 is 44.1. The van der Waals surface area contributed by atoms with E-state index in [2.05, 4.69) is 9.97 Å². The Morgan fingerprint density at radius 1 is 1.14 bits per heavy atom. The van der Waals surface area contributed by atoms with Crippen LogP contribution >= 0.6 is 11.3 Å². The number of aromatic amines is 1. The molecule has 0 saturated carbocycles. The Balaban J connectivity index is 1.16. The second-order valence-electron chi connectivity index (χ2n) is 10.7. The van der Waals surface area contributed by atoms with E-state index in [0.29, 0.717) is 37.8 Å². The van der Waals surface area contributed by atoms with Crippen LogP contribution in [0.25, 0.3) is 22.0 Å². The van der Waals surface area contributed by atoms with Gasteiger partial charge in [0.15, 0.2) is 17.9 Å². The normalized spacial score (nSPS) is 17.8. The Morgan fingerprint density at radius 2 is 1.98 bits per heavy atom. The molecule has 43 heavy (non-hydrogen) atoms. The predicted octanol–water partition coefficient (Wildman–Crippen LogP) is 6.52. The average molecular weight is 608 g/mol. The number of likely N-dealkylation sites (tertiary alicyclic amines) is 1. The highest BCUT2D eigenvalue weighted by molar-refractivity contribution is 7.13. The van der Waals surface area contributed by atoms with E-state index in [0.717, 1.165) is 41.2 Å². The van der Waals surface area contributed by atoms with E-state index in [-0.39, 0.29) is 35.7 Å². The monoisotopic (exact) mass is 607 g/mol. The van der Waals surface area contributed by atoms with Gasteiger partial charge < -0.3 is 33.6 Å². The first kappa shape index (κ1) is 29.3. The molecule has 0 aliphatic carbocycles. The first-order chi connectivity index (χ1) is 20.9. The number of nitrogens with one attached hydrogen (secondary N) is 1. The number of hydrogen-bond acceptors (Lipinski definition) is 8. The number of benzene rings is 2. The standard InChI is InChI=1S/C32H34FN3O6S/c1-20(19-38-2)40-23-13-22(27-7-8-28(35-27)31-34-10-12-43-31)14-24(16-23)41-29-9-6-21(15-26(29)33)32(37)36-17-25(18-36)42-30-5-3-4-11-39-30/h6-10,12-16,20,25,30,35H,3-5,11,17-19H2,1-2H3/t20-,30?/m0/s1. The number of aromatic nitrogens is 2. The molecule has 2 saturated heterocycles. The molecule has 2 fully saturated rings. The Morgan fingerprint density at radius 3 is 2.72 bits per heavy atom. The van der Waals surface area contributed by atoms with Crippen molar-refractivity contribution in [2.45, 2.75) is 44.7 Å². The predicted molar refractivity (Wildman–Crippen MR) is 160 cm³/mol. The third-order valence-electron chi connectivity index (χ3n) is 7.30. The summed E-state index contributed by atoms with van der Waals surface area (Å²) in [4.78, 5) is 22.4. The van der Waals surface area contributed by atoms with Crippen LogP contribution in [0.3, 0.4) is 0 Å². The van der Waals surface area contributed by atoms with Crippen molar-refractivity contribution in [3.05, 3.63) is 71.5 Å². The second kappa shape index (κ2) is 13.3. The first-order valence-electron chi connectivity index (χ1n) is 14.4. The van der Waals surface area contributed by atoms with Gasteiger partial charge in [0.05, 0.1) is 18.4 Å². The Kier molecular flexibility index (Phi) is 9.03. The van der Waals surface area contributed by atoms with Crippen LogP contribution in [0, 0.1) is 5.82 Å². The lowest BCUT2D eigenvalue weighted by molar-refractivity contribution is -0.208. The van der Waals surface area contributed by atoms with Crippen LogP contribution in [0.2, 0.25) is 0 Å². The molecule has 2 aliphatic heterocycles. The number of H-pyrrole nitrogens is 1. The molecule has 1 amide bonds. The first-order valence-corrected chi connectivity index (χ1v) is 15.3. The lowest BCUT2D eigenvalue weighted by Gasteiger charge is -2.41. The van der Waals surface area contributed by atoms with E-state index < -0.39 is 5.82 Å². The fourth-order valence-corrected chi connectivity index (χ4v) is 5.77. The average Bonchev–Trinajstić information content (AvgIpc) is 3.69. The molecule has 4 heterocycles. The van der Waals surface area contributed by atoms with Crippen LogP contribution < -0.4 is 9.47 Å². The third kappa shape index (κ3) is 7.07. The van der Waals surface area contributed by atoms with Crippen molar-refractivity contribution in [2.24, 2.45) is 0 Å². The highest BCUT2D eigenvalue weighted by Gasteiger charge is 2.34. The fourth-order valence-electron chi connectivity index (χ4n) is 5.15. The molecule has 2 aromatic carbocycles. The summed E-state index contributed by atoms with van der Waals surface area (Å²) >= 11 is 1.54. The van der Waals surface area contributed by atoms with Gasteiger partial charge in [0.1, 0.15) is 22.6 Å². The number of methoxy groups -OCH3 is 1. The maximum Gasteiger partial charge on any atom is 0.254 e. The molecule has 226 valence electrons. The molecule has 2 atom stereocenters. The summed E-state index contributed by atoms with van der Waals surface area (Å²) in [5, 5.41) is 2.79. The van der Waals surface area contributed by atoms with E-state index in [1.54, 1.807) is 36.4 Å². The summed E-state index contributed by atoms with van der Waals surface area (Å²) in [6.07, 6.45) is 4.29. The van der Waals surface area contributed by atoms with Gasteiger partial charge in [0, 0.05) is 61.3 Å². The Labute approximate surface area is 253 Å². The SMILES string of the molecule is COC[C@H](C)Oc1cc(Oc2ccc(C(=O)N3CC(OC4CCCCO4)C3)cc2F)cc(-c2ccc(-c3nccs3)[nH]2)c1. The molecule has 0 radical (unpaired) electrons. The van der Waals surface area contributed by atoms with Gasteiger partial charge in [0.25, 0.3) is 5.91 Å². The van der Waals surface area contributed by atoms with E-state index in [1.165, 1.54) is 23.5 Å². The molecule has 1 unspecified atom stereocenters. The number of halogens is 1. The quantitative estimate of drug-likeness (QED) is 0.208. The summed E-state index contributed by atoms with van der Waals surface area (Å²) in [6, 6.07) is 13.6. The molecule has 6 rings (SSSR count). The number of ether oxygens (including phenoxy) is 5. The van der Waals surface area contributed by atoms with Crippen LogP contribution in [-0.2, 0) is 14.2 Å². The van der Waals surface area contributed by atoms with Crippen LogP contribution in [0.15, 0.2) is 60.1 Å². The van der Waals surface area contributed by atoms with Crippen molar-refractivity contribution in [2.75, 3.05) is 33.4 Å². The van der Waals surface area contributed by atoms with E-state index in [4.69, 9.17) is 23.7 Å². The number of carbonyl (C=O) groups is 1. The van der Waals surface area contributed by atoms with Gasteiger partial charge in [-0.3, -0.25) is 4.79 Å². The smallest absolute Gasteiger partial charge is 0.254 e. The molecule has 2 aromatic heterocycles. The number of amides is 1. The number of carbonyl (C=O) groups excluding carboxylic acids is 1. The van der Waals surface area contributed by atoms with Crippen molar-refractivity contribution >= 4 is 17.2 Å². The molecule has 4 aromatic rings. The number of rotatable bonds is 11. The maximum absolute atomic E-state index is 15.3. The molecule has 0 spiro atoms. The van der Waals surface area contributed by atoms with Crippen molar-refractivity contribution in [1.82, 2.24) is 14.9 Å². The largest absolute Gasteiger partial charge is 0.488 e. The molecule has 1 N–H and O–H groups in total. The van der Waals surface area contributed by atoms with Gasteiger partial charge in [0.2, 0.25) is 0 Å². The van der Waals surface area contributed by atoms with Crippen molar-refractivity contribution < 1.29 is 32.9 Å². The van der Waals surface area contributed by atoms with Gasteiger partial charge in [-0.25, -0.2) is 9.37 Å². The van der Waals surface area contributed by atoms with E-state index in [1.807, 2.05) is 30.5 Å². The lowest BCUT2D eigenvalue weighted by Crippen LogP contribution is -2.56. The highest BCUT2D eigenvalue weighted by atomic mass is 32.1. The van der Waals surface area contributed by atoms with Gasteiger partial charge >= 0.3 is 0 Å². The van der Waals surface area contributed by atoms with Gasteiger partial charge in [-0.05, 0) is 68.7 Å². The summed E-state index contributed by atoms with van der Waals surface area (Å²) in [6.45, 7) is 3.92. The minimum Gasteiger partial charge on any atom is -0.488 e. The minimum absolute atomic E-state index is 0.00110. The van der Waals surface area contributed by atoms with Crippen molar-refractivity contribution in [3.8, 4) is 39.2 Å². The fraction of sp³-hybridized carbons (Fsp3) is 0.375. The minimum atomic E-state index is -0.638. The molecule has 2 aliphatic rings. The van der Waals surface area contributed by atoms with Gasteiger partial charge in [-0.15, -0.1) is 11.3 Å². The summed E-state index contributed by atoms with van der Waals surface area (Å²) in [7, 11) is 1.61. The number of thiazole rings is 1. The van der Waals surface area contributed by atoms with E-state index in [9.17, 15) is 4.79 Å². The topological polar surface area (TPSA) is 95.1 Å². The molecule has 0 bridgehead atoms. The van der Waals surface area contributed by atoms with Gasteiger partial charge in [-0.1, -0.05) is 0 Å². The summed E-state index contributed by atoms with van der Waals surface area (Å²) in [5.41, 5.74) is 2.76. The van der Waals surface area contributed by atoms with Gasteiger partial charge in [-0.2, -0.15) is 0 Å². The zero-order chi connectivity index (χ0) is 29.8. The zero-order valence-electron chi connectivity index (χ0n) is 24.1. The molecular formula is C32H34FN3O6S. The summed E-state index contributed by atoms with van der Waals surface area (Å²) in [5.74, 6) is 0.0404. The van der Waals surface area contributed by atoms with Crippen LogP contribution in [0.1, 0.15) is 36.5 Å². The van der Waals surface area contributed by atoms with Crippen molar-refractivity contribution in [3.63, 3.8) is 0 Å². The van der Waals surface area contributed by atoms with Crippen LogP contribution in [-0.4, -0.2) is 72.7 Å². The van der Waals surface area contributed by atoms with Crippen LogP contribution in [0.4, 0.5) is 4.39 Å². The van der Waals surface area contributed by atoms with E-state index >= 15 is 4.39 Å². The Hall–Kier alpha value is -3.77. The van der Waals surface area contributed by atoms with Crippen molar-refractivity contribution in [1.29, 1.82) is 0 Å². The zero-order valence-corrected chi connectivity index (χ0v) is 24.9. The Bertz CT molecular complexity index is 1530. The maximum atomic E-state index is 15.3. The number of nitrogens with zero attached hydrogens (tertiary/aromatic N) is 2. The molecular weight excluding hydrogens is 573 g/mol. The van der Waals surface area contributed by atoms with Crippen LogP contribution in [0.5, 0.6) is 17.2 Å². The third-order valence-corrected chi connectivity index (χ3v) is 8.11. The number of hydrogen-bond donors (Lipinski definition) is 1. The highest BCUT2D eigenvalue weighted by Crippen LogP contribution is 2.35. The molecule has 11 heteroatoms.